The number of aryl methyl sites for hydroxylation is 1. The van der Waals surface area contributed by atoms with Gasteiger partial charge in [-0.1, -0.05) is 12.1 Å². The van der Waals surface area contributed by atoms with E-state index in [2.05, 4.69) is 11.4 Å². The van der Waals surface area contributed by atoms with Crippen molar-refractivity contribution in [1.82, 2.24) is 0 Å². The van der Waals surface area contributed by atoms with E-state index in [1.807, 2.05) is 12.1 Å². The number of hydrogen-bond acceptors (Lipinski definition) is 3. The molecule has 4 heteroatoms. The number of benzene rings is 1. The van der Waals surface area contributed by atoms with Crippen molar-refractivity contribution in [2.24, 2.45) is 5.73 Å². The van der Waals surface area contributed by atoms with Crippen molar-refractivity contribution in [1.29, 1.82) is 0 Å². The van der Waals surface area contributed by atoms with Crippen LogP contribution in [0, 0.1) is 0 Å². The molecule has 1 aromatic carbocycles. The van der Waals surface area contributed by atoms with E-state index in [0.29, 0.717) is 6.61 Å². The molecule has 1 heterocycles. The first-order valence-electron chi connectivity index (χ1n) is 5.54. The molecule has 86 valence electrons. The lowest BCUT2D eigenvalue weighted by atomic mass is 10.0. The number of rotatable bonds is 4. The largest absolute Gasteiger partial charge is 0.491 e. The molecule has 0 aliphatic carbocycles. The Labute approximate surface area is 94.8 Å². The number of carbonyl (C=O) groups excluding carboxylic acids is 1. The normalized spacial score (nSPS) is 13.8. The van der Waals surface area contributed by atoms with Gasteiger partial charge in [-0.15, -0.1) is 0 Å². The average Bonchev–Trinajstić information content (AvgIpc) is 2.29. The molecule has 0 unspecified atom stereocenters. The monoisotopic (exact) mass is 220 g/mol. The van der Waals surface area contributed by atoms with Gasteiger partial charge in [-0.2, -0.15) is 0 Å². The third-order valence-electron chi connectivity index (χ3n) is 2.64. The van der Waals surface area contributed by atoms with Crippen LogP contribution in [0.15, 0.2) is 18.2 Å². The van der Waals surface area contributed by atoms with E-state index in [0.717, 1.165) is 30.8 Å². The molecule has 0 saturated heterocycles. The first kappa shape index (κ1) is 10.8. The van der Waals surface area contributed by atoms with Crippen molar-refractivity contribution in [3.8, 4) is 5.75 Å². The molecular formula is C12H16N2O2. The van der Waals surface area contributed by atoms with Gasteiger partial charge >= 0.3 is 0 Å². The van der Waals surface area contributed by atoms with Gasteiger partial charge in [-0.3, -0.25) is 4.79 Å². The van der Waals surface area contributed by atoms with Gasteiger partial charge in [0.2, 0.25) is 5.91 Å². The third-order valence-corrected chi connectivity index (χ3v) is 2.64. The summed E-state index contributed by atoms with van der Waals surface area (Å²) in [5.41, 5.74) is 7.41. The lowest BCUT2D eigenvalue weighted by Gasteiger charge is -2.20. The molecule has 1 aromatic rings. The van der Waals surface area contributed by atoms with Gasteiger partial charge in [0.1, 0.15) is 5.75 Å². The maximum absolute atomic E-state index is 10.6. The number of para-hydroxylation sites is 1. The van der Waals surface area contributed by atoms with Crippen LogP contribution in [0.25, 0.3) is 0 Å². The van der Waals surface area contributed by atoms with Crippen LogP contribution in [-0.2, 0) is 11.2 Å². The number of amides is 1. The lowest BCUT2D eigenvalue weighted by molar-refractivity contribution is -0.118. The molecule has 3 N–H and O–H groups in total. The Morgan fingerprint density at radius 2 is 2.38 bits per heavy atom. The molecular weight excluding hydrogens is 204 g/mol. The fraction of sp³-hybridized carbons (Fsp3) is 0.417. The number of hydrogen-bond donors (Lipinski definition) is 2. The summed E-state index contributed by atoms with van der Waals surface area (Å²) in [5.74, 6) is 0.483. The van der Waals surface area contributed by atoms with Gasteiger partial charge in [0.15, 0.2) is 0 Å². The van der Waals surface area contributed by atoms with Crippen LogP contribution in [0.1, 0.15) is 18.4 Å². The molecule has 0 bridgehead atoms. The zero-order valence-corrected chi connectivity index (χ0v) is 9.16. The van der Waals surface area contributed by atoms with Crippen LogP contribution >= 0.6 is 0 Å². The summed E-state index contributed by atoms with van der Waals surface area (Å²) in [5, 5.41) is 3.33. The smallest absolute Gasteiger partial charge is 0.220 e. The minimum atomic E-state index is -0.335. The van der Waals surface area contributed by atoms with Gasteiger partial charge in [0.05, 0.1) is 18.7 Å². The Morgan fingerprint density at radius 3 is 3.19 bits per heavy atom. The van der Waals surface area contributed by atoms with E-state index < -0.39 is 0 Å². The molecule has 1 aliphatic rings. The van der Waals surface area contributed by atoms with Crippen molar-refractivity contribution in [3.05, 3.63) is 23.8 Å². The second kappa shape index (κ2) is 4.88. The minimum Gasteiger partial charge on any atom is -0.491 e. The molecule has 0 atom stereocenters. The maximum Gasteiger partial charge on any atom is 0.220 e. The second-order valence-corrected chi connectivity index (χ2v) is 3.89. The number of ether oxygens (including phenoxy) is 1. The van der Waals surface area contributed by atoms with Crippen LogP contribution in [0.2, 0.25) is 0 Å². The van der Waals surface area contributed by atoms with Crippen molar-refractivity contribution >= 4 is 11.6 Å². The average molecular weight is 220 g/mol. The molecule has 4 nitrogen and oxygen atoms in total. The number of carbonyl (C=O) groups is 1. The first-order valence-corrected chi connectivity index (χ1v) is 5.54. The Morgan fingerprint density at radius 1 is 1.50 bits per heavy atom. The fourth-order valence-electron chi connectivity index (χ4n) is 1.86. The predicted molar refractivity (Wildman–Crippen MR) is 62.6 cm³/mol. The summed E-state index contributed by atoms with van der Waals surface area (Å²) in [6, 6.07) is 5.99. The number of anilines is 1. The molecule has 0 saturated carbocycles. The molecule has 0 spiro atoms. The third kappa shape index (κ3) is 2.45. The zero-order valence-electron chi connectivity index (χ0n) is 9.16. The standard InChI is InChI=1S/C12H16N2O2/c13-11(15)6-8-16-10-5-1-3-9-4-2-7-14-12(9)10/h1,3,5,14H,2,4,6-8H2,(H2,13,15). The van der Waals surface area contributed by atoms with E-state index in [1.54, 1.807) is 0 Å². The van der Waals surface area contributed by atoms with Crippen LogP contribution in [-0.4, -0.2) is 19.1 Å². The van der Waals surface area contributed by atoms with Gasteiger partial charge < -0.3 is 15.8 Å². The van der Waals surface area contributed by atoms with Crippen LogP contribution in [0.5, 0.6) is 5.75 Å². The molecule has 1 aliphatic heterocycles. The topological polar surface area (TPSA) is 64.4 Å². The van der Waals surface area contributed by atoms with E-state index in [1.165, 1.54) is 5.56 Å². The fourth-order valence-corrected chi connectivity index (χ4v) is 1.86. The Balaban J connectivity index is 2.05. The Kier molecular flexibility index (Phi) is 3.29. The van der Waals surface area contributed by atoms with Crippen LogP contribution in [0.4, 0.5) is 5.69 Å². The van der Waals surface area contributed by atoms with Crippen molar-refractivity contribution in [2.75, 3.05) is 18.5 Å². The number of nitrogens with one attached hydrogen (secondary N) is 1. The second-order valence-electron chi connectivity index (χ2n) is 3.89. The Bertz CT molecular complexity index is 391. The van der Waals surface area contributed by atoms with Gasteiger partial charge in [-0.05, 0) is 24.5 Å². The van der Waals surface area contributed by atoms with E-state index in [4.69, 9.17) is 10.5 Å². The summed E-state index contributed by atoms with van der Waals surface area (Å²) in [4.78, 5) is 10.6. The van der Waals surface area contributed by atoms with E-state index >= 15 is 0 Å². The van der Waals surface area contributed by atoms with Crippen molar-refractivity contribution in [2.45, 2.75) is 19.3 Å². The number of fused-ring (bicyclic) bond motifs is 1. The van der Waals surface area contributed by atoms with Crippen LogP contribution in [0.3, 0.4) is 0 Å². The van der Waals surface area contributed by atoms with E-state index in [-0.39, 0.29) is 12.3 Å². The lowest BCUT2D eigenvalue weighted by Crippen LogP contribution is -2.16. The summed E-state index contributed by atoms with van der Waals surface area (Å²) < 4.78 is 5.55. The van der Waals surface area contributed by atoms with Gasteiger partial charge in [0, 0.05) is 6.54 Å². The summed E-state index contributed by atoms with van der Waals surface area (Å²) in [6.07, 6.45) is 2.48. The van der Waals surface area contributed by atoms with Crippen LogP contribution < -0.4 is 15.8 Å². The summed E-state index contributed by atoms with van der Waals surface area (Å²) in [7, 11) is 0. The van der Waals surface area contributed by atoms with Crippen molar-refractivity contribution in [3.63, 3.8) is 0 Å². The number of primary amides is 1. The quantitative estimate of drug-likeness (QED) is 0.803. The minimum absolute atomic E-state index is 0.254. The van der Waals surface area contributed by atoms with E-state index in [9.17, 15) is 4.79 Å². The highest BCUT2D eigenvalue weighted by Gasteiger charge is 2.12. The van der Waals surface area contributed by atoms with Gasteiger partial charge in [0.25, 0.3) is 0 Å². The Hall–Kier alpha value is -1.71. The molecule has 16 heavy (non-hydrogen) atoms. The first-order chi connectivity index (χ1) is 7.77. The zero-order chi connectivity index (χ0) is 11.4. The van der Waals surface area contributed by atoms with Gasteiger partial charge in [-0.25, -0.2) is 0 Å². The highest BCUT2D eigenvalue weighted by atomic mass is 16.5. The predicted octanol–water partition coefficient (Wildman–Crippen LogP) is 1.30. The number of nitrogens with two attached hydrogens (primary N) is 1. The summed E-state index contributed by atoms with van der Waals surface area (Å²) in [6.45, 7) is 1.32. The maximum atomic E-state index is 10.6. The van der Waals surface area contributed by atoms with Crippen molar-refractivity contribution < 1.29 is 9.53 Å². The molecule has 0 radical (unpaired) electrons. The highest BCUT2D eigenvalue weighted by Crippen LogP contribution is 2.31. The molecule has 1 amide bonds. The SMILES string of the molecule is NC(=O)CCOc1cccc2c1NCCC2. The molecule has 0 fully saturated rings. The summed E-state index contributed by atoms with van der Waals surface area (Å²) >= 11 is 0. The highest BCUT2D eigenvalue weighted by molar-refractivity contribution is 5.73. The molecule has 0 aromatic heterocycles. The molecule has 2 rings (SSSR count).